The maximum Gasteiger partial charge on any atom is 0.239 e. The van der Waals surface area contributed by atoms with Crippen molar-refractivity contribution in [3.8, 4) is 0 Å². The summed E-state index contributed by atoms with van der Waals surface area (Å²) in [7, 11) is -3.19. The SMILES string of the molecule is CS(=O)(=O)c1ccc(NCC(=O)NC2CCOCC2)cc1. The molecule has 2 rings (SSSR count). The minimum absolute atomic E-state index is 0.0749. The van der Waals surface area contributed by atoms with Crippen molar-refractivity contribution in [3.63, 3.8) is 0 Å². The third kappa shape index (κ3) is 5.02. The van der Waals surface area contributed by atoms with Gasteiger partial charge in [0.1, 0.15) is 0 Å². The first-order valence-corrected chi connectivity index (χ1v) is 8.75. The fraction of sp³-hybridized carbons (Fsp3) is 0.500. The molecule has 0 spiro atoms. The van der Waals surface area contributed by atoms with Gasteiger partial charge in [-0.25, -0.2) is 8.42 Å². The zero-order valence-electron chi connectivity index (χ0n) is 12.0. The van der Waals surface area contributed by atoms with Crippen molar-refractivity contribution in [2.24, 2.45) is 0 Å². The first-order chi connectivity index (χ1) is 9.95. The topological polar surface area (TPSA) is 84.5 Å². The van der Waals surface area contributed by atoms with Crippen LogP contribution >= 0.6 is 0 Å². The molecule has 0 aliphatic carbocycles. The van der Waals surface area contributed by atoms with E-state index in [0.717, 1.165) is 19.1 Å². The summed E-state index contributed by atoms with van der Waals surface area (Å²) >= 11 is 0. The van der Waals surface area contributed by atoms with Crippen LogP contribution in [0.2, 0.25) is 0 Å². The lowest BCUT2D eigenvalue weighted by atomic mass is 10.1. The van der Waals surface area contributed by atoms with Gasteiger partial charge in [0.2, 0.25) is 5.91 Å². The van der Waals surface area contributed by atoms with Gasteiger partial charge in [-0.1, -0.05) is 0 Å². The second-order valence-corrected chi connectivity index (χ2v) is 7.12. The van der Waals surface area contributed by atoms with Crippen molar-refractivity contribution >= 4 is 21.4 Å². The Morgan fingerprint density at radius 2 is 1.86 bits per heavy atom. The van der Waals surface area contributed by atoms with E-state index in [1.54, 1.807) is 12.1 Å². The Bertz CT molecular complexity index is 577. The average molecular weight is 312 g/mol. The second kappa shape index (κ2) is 6.91. The van der Waals surface area contributed by atoms with Crippen LogP contribution in [-0.4, -0.2) is 46.4 Å². The molecule has 0 atom stereocenters. The number of rotatable bonds is 5. The molecular formula is C14H20N2O4S. The van der Waals surface area contributed by atoms with Crippen LogP contribution in [0.25, 0.3) is 0 Å². The van der Waals surface area contributed by atoms with Gasteiger partial charge in [-0.05, 0) is 37.1 Å². The fourth-order valence-electron chi connectivity index (χ4n) is 2.12. The van der Waals surface area contributed by atoms with E-state index in [0.29, 0.717) is 18.9 Å². The fourth-order valence-corrected chi connectivity index (χ4v) is 2.75. The van der Waals surface area contributed by atoms with Crippen molar-refractivity contribution in [3.05, 3.63) is 24.3 Å². The number of amides is 1. The molecule has 2 N–H and O–H groups in total. The lowest BCUT2D eigenvalue weighted by Crippen LogP contribution is -2.41. The van der Waals surface area contributed by atoms with Crippen LogP contribution in [-0.2, 0) is 19.4 Å². The van der Waals surface area contributed by atoms with Crippen molar-refractivity contribution in [1.29, 1.82) is 0 Å². The lowest BCUT2D eigenvalue weighted by molar-refractivity contribution is -0.120. The summed E-state index contributed by atoms with van der Waals surface area (Å²) in [6.45, 7) is 1.53. The number of benzene rings is 1. The van der Waals surface area contributed by atoms with E-state index < -0.39 is 9.84 Å². The summed E-state index contributed by atoms with van der Waals surface area (Å²) in [6.07, 6.45) is 2.85. The Morgan fingerprint density at radius 3 is 2.43 bits per heavy atom. The summed E-state index contributed by atoms with van der Waals surface area (Å²) in [5.41, 5.74) is 0.713. The molecule has 1 amide bonds. The number of hydrogen-bond acceptors (Lipinski definition) is 5. The molecule has 1 aromatic carbocycles. The van der Waals surface area contributed by atoms with Crippen LogP contribution in [0.3, 0.4) is 0 Å². The highest BCUT2D eigenvalue weighted by atomic mass is 32.2. The van der Waals surface area contributed by atoms with Gasteiger partial charge < -0.3 is 15.4 Å². The number of hydrogen-bond donors (Lipinski definition) is 2. The van der Waals surface area contributed by atoms with Crippen LogP contribution in [0.4, 0.5) is 5.69 Å². The molecule has 0 unspecified atom stereocenters. The molecule has 21 heavy (non-hydrogen) atoms. The number of carbonyl (C=O) groups is 1. The van der Waals surface area contributed by atoms with Crippen LogP contribution in [0, 0.1) is 0 Å². The van der Waals surface area contributed by atoms with Gasteiger partial charge >= 0.3 is 0 Å². The zero-order chi connectivity index (χ0) is 15.3. The minimum Gasteiger partial charge on any atom is -0.381 e. The standard InChI is InChI=1S/C14H20N2O4S/c1-21(18,19)13-4-2-11(3-5-13)15-10-14(17)16-12-6-8-20-9-7-12/h2-5,12,15H,6-10H2,1H3,(H,16,17). The second-order valence-electron chi connectivity index (χ2n) is 5.10. The van der Waals surface area contributed by atoms with Gasteiger partial charge in [-0.15, -0.1) is 0 Å². The van der Waals surface area contributed by atoms with E-state index in [1.807, 2.05) is 0 Å². The van der Waals surface area contributed by atoms with E-state index in [-0.39, 0.29) is 23.4 Å². The maximum absolute atomic E-state index is 11.8. The normalized spacial score (nSPS) is 16.4. The Balaban J connectivity index is 1.81. The number of carbonyl (C=O) groups excluding carboxylic acids is 1. The molecule has 1 aliphatic rings. The predicted molar refractivity (Wildman–Crippen MR) is 80.0 cm³/mol. The summed E-state index contributed by atoms with van der Waals surface area (Å²) in [4.78, 5) is 12.1. The number of nitrogens with one attached hydrogen (secondary N) is 2. The smallest absolute Gasteiger partial charge is 0.239 e. The van der Waals surface area contributed by atoms with Crippen molar-refractivity contribution in [1.82, 2.24) is 5.32 Å². The quantitative estimate of drug-likeness (QED) is 0.840. The van der Waals surface area contributed by atoms with Gasteiger partial charge in [0.25, 0.3) is 0 Å². The average Bonchev–Trinajstić information content (AvgIpc) is 2.46. The Morgan fingerprint density at radius 1 is 1.24 bits per heavy atom. The molecule has 1 heterocycles. The van der Waals surface area contributed by atoms with E-state index in [2.05, 4.69) is 10.6 Å². The maximum atomic E-state index is 11.8. The molecule has 1 fully saturated rings. The van der Waals surface area contributed by atoms with Gasteiger partial charge in [0, 0.05) is 31.2 Å². The zero-order valence-corrected chi connectivity index (χ0v) is 12.8. The molecule has 1 aromatic rings. The molecule has 0 radical (unpaired) electrons. The van der Waals surface area contributed by atoms with Crippen LogP contribution < -0.4 is 10.6 Å². The summed E-state index contributed by atoms with van der Waals surface area (Å²) in [5.74, 6) is -0.0749. The van der Waals surface area contributed by atoms with Crippen LogP contribution in [0.15, 0.2) is 29.2 Å². The lowest BCUT2D eigenvalue weighted by Gasteiger charge is -2.23. The van der Waals surface area contributed by atoms with Gasteiger partial charge in [0.05, 0.1) is 11.4 Å². The number of anilines is 1. The van der Waals surface area contributed by atoms with Gasteiger partial charge in [-0.3, -0.25) is 4.79 Å². The third-order valence-electron chi connectivity index (χ3n) is 3.32. The third-order valence-corrected chi connectivity index (χ3v) is 4.45. The Hall–Kier alpha value is -1.60. The van der Waals surface area contributed by atoms with E-state index in [4.69, 9.17) is 4.74 Å². The summed E-state index contributed by atoms with van der Waals surface area (Å²) in [5, 5.41) is 5.92. The van der Waals surface area contributed by atoms with Crippen LogP contribution in [0.5, 0.6) is 0 Å². The monoisotopic (exact) mass is 312 g/mol. The minimum atomic E-state index is -3.19. The highest BCUT2D eigenvalue weighted by Gasteiger charge is 2.15. The van der Waals surface area contributed by atoms with Crippen molar-refractivity contribution in [2.75, 3.05) is 31.3 Å². The molecule has 0 saturated carbocycles. The van der Waals surface area contributed by atoms with E-state index in [9.17, 15) is 13.2 Å². The number of ether oxygens (including phenoxy) is 1. The largest absolute Gasteiger partial charge is 0.381 e. The van der Waals surface area contributed by atoms with Gasteiger partial charge in [0.15, 0.2) is 9.84 Å². The first kappa shape index (κ1) is 15.8. The highest BCUT2D eigenvalue weighted by Crippen LogP contribution is 2.13. The first-order valence-electron chi connectivity index (χ1n) is 6.86. The summed E-state index contributed by atoms with van der Waals surface area (Å²) in [6, 6.07) is 6.53. The van der Waals surface area contributed by atoms with Crippen molar-refractivity contribution < 1.29 is 17.9 Å². The van der Waals surface area contributed by atoms with Crippen molar-refractivity contribution in [2.45, 2.75) is 23.8 Å². The Kier molecular flexibility index (Phi) is 5.19. The molecule has 0 aromatic heterocycles. The molecule has 116 valence electrons. The molecule has 6 nitrogen and oxygen atoms in total. The van der Waals surface area contributed by atoms with Crippen LogP contribution in [0.1, 0.15) is 12.8 Å². The molecule has 0 bridgehead atoms. The predicted octanol–water partition coefficient (Wildman–Crippen LogP) is 0.797. The molecule has 7 heteroatoms. The molecular weight excluding hydrogens is 292 g/mol. The van der Waals surface area contributed by atoms with E-state index >= 15 is 0 Å². The van der Waals surface area contributed by atoms with E-state index in [1.165, 1.54) is 12.1 Å². The molecule has 1 aliphatic heterocycles. The van der Waals surface area contributed by atoms with Gasteiger partial charge in [-0.2, -0.15) is 0 Å². The Labute approximate surface area is 124 Å². The number of sulfone groups is 1. The molecule has 1 saturated heterocycles. The highest BCUT2D eigenvalue weighted by molar-refractivity contribution is 7.90. The summed E-state index contributed by atoms with van der Waals surface area (Å²) < 4.78 is 27.9.